The topological polar surface area (TPSA) is 57.8 Å². The van der Waals surface area contributed by atoms with Gasteiger partial charge in [-0.1, -0.05) is 47.5 Å². The molecule has 0 fully saturated rings. The summed E-state index contributed by atoms with van der Waals surface area (Å²) in [5.74, 6) is -0.0286. The number of carbonyl (C=O) groups excluding carboxylic acids is 1. The van der Waals surface area contributed by atoms with Gasteiger partial charge in [0.25, 0.3) is 5.91 Å². The molecule has 0 bridgehead atoms. The van der Waals surface area contributed by atoms with Crippen LogP contribution in [-0.4, -0.2) is 22.1 Å². The van der Waals surface area contributed by atoms with Crippen molar-refractivity contribution in [2.24, 2.45) is 0 Å². The second-order valence-electron chi connectivity index (χ2n) is 7.99. The Hall–Kier alpha value is -2.30. The van der Waals surface area contributed by atoms with Gasteiger partial charge in [0.2, 0.25) is 0 Å². The van der Waals surface area contributed by atoms with Gasteiger partial charge in [-0.25, -0.2) is 0 Å². The van der Waals surface area contributed by atoms with Gasteiger partial charge in [-0.05, 0) is 74.4 Å². The maximum atomic E-state index is 13.0. The molecule has 0 spiro atoms. The molecule has 156 valence electrons. The van der Waals surface area contributed by atoms with Crippen LogP contribution in [0, 0.1) is 0 Å². The van der Waals surface area contributed by atoms with Gasteiger partial charge < -0.3 is 5.32 Å². The molecule has 0 saturated heterocycles. The quantitative estimate of drug-likeness (QED) is 0.512. The first-order valence-corrected chi connectivity index (χ1v) is 11.1. The standard InChI is InChI=1S/C24H25Cl2N3O/c1-15(27-24(30)23-20-4-2-3-5-22(20)28-29-23)21(17-8-12-19(26)13-9-17)14-16-6-10-18(25)11-7-16/h6-13,15,21H,2-5,14H2,1H3,(H,27,30)(H,28,29). The number of amides is 1. The highest BCUT2D eigenvalue weighted by Crippen LogP contribution is 2.28. The molecule has 1 aromatic heterocycles. The molecule has 3 aromatic rings. The highest BCUT2D eigenvalue weighted by Gasteiger charge is 2.26. The molecule has 1 aliphatic carbocycles. The Morgan fingerprint density at radius 3 is 2.37 bits per heavy atom. The van der Waals surface area contributed by atoms with Gasteiger partial charge in [-0.3, -0.25) is 9.89 Å². The Morgan fingerprint density at radius 1 is 1.03 bits per heavy atom. The average molecular weight is 442 g/mol. The summed E-state index contributed by atoms with van der Waals surface area (Å²) >= 11 is 12.1. The van der Waals surface area contributed by atoms with Gasteiger partial charge in [-0.2, -0.15) is 5.10 Å². The summed E-state index contributed by atoms with van der Waals surface area (Å²) in [5.41, 5.74) is 5.02. The van der Waals surface area contributed by atoms with Gasteiger partial charge >= 0.3 is 0 Å². The normalized spacial score (nSPS) is 15.3. The van der Waals surface area contributed by atoms with Crippen LogP contribution < -0.4 is 5.32 Å². The summed E-state index contributed by atoms with van der Waals surface area (Å²) < 4.78 is 0. The number of aromatic amines is 1. The zero-order valence-electron chi connectivity index (χ0n) is 16.9. The predicted molar refractivity (Wildman–Crippen MR) is 122 cm³/mol. The number of H-pyrrole nitrogens is 1. The number of aryl methyl sites for hydroxylation is 1. The predicted octanol–water partition coefficient (Wildman–Crippen LogP) is 5.74. The molecule has 2 unspecified atom stereocenters. The van der Waals surface area contributed by atoms with Crippen molar-refractivity contribution in [3.8, 4) is 0 Å². The molecular weight excluding hydrogens is 417 g/mol. The molecule has 0 aliphatic heterocycles. The lowest BCUT2D eigenvalue weighted by atomic mass is 9.86. The van der Waals surface area contributed by atoms with E-state index < -0.39 is 0 Å². The van der Waals surface area contributed by atoms with E-state index in [0.29, 0.717) is 15.7 Å². The minimum absolute atomic E-state index is 0.0853. The third-order valence-electron chi connectivity index (χ3n) is 5.90. The highest BCUT2D eigenvalue weighted by atomic mass is 35.5. The van der Waals surface area contributed by atoms with Gasteiger partial charge in [0.1, 0.15) is 0 Å². The third kappa shape index (κ3) is 4.71. The molecule has 0 radical (unpaired) electrons. The van der Waals surface area contributed by atoms with Crippen molar-refractivity contribution in [3.63, 3.8) is 0 Å². The van der Waals surface area contributed by atoms with E-state index in [1.54, 1.807) is 0 Å². The molecule has 2 aromatic carbocycles. The van der Waals surface area contributed by atoms with E-state index in [0.717, 1.165) is 54.5 Å². The van der Waals surface area contributed by atoms with Crippen molar-refractivity contribution in [2.45, 2.75) is 51.0 Å². The van der Waals surface area contributed by atoms with E-state index in [9.17, 15) is 4.79 Å². The fraction of sp³-hybridized carbons (Fsp3) is 0.333. The molecule has 1 heterocycles. The minimum atomic E-state index is -0.114. The highest BCUT2D eigenvalue weighted by molar-refractivity contribution is 6.30. The Kier molecular flexibility index (Phi) is 6.45. The van der Waals surface area contributed by atoms with E-state index in [2.05, 4.69) is 15.5 Å². The van der Waals surface area contributed by atoms with E-state index in [1.807, 2.05) is 55.5 Å². The number of aromatic nitrogens is 2. The molecule has 1 aliphatic rings. The van der Waals surface area contributed by atoms with Crippen molar-refractivity contribution in [1.29, 1.82) is 0 Å². The van der Waals surface area contributed by atoms with Crippen LogP contribution in [0.4, 0.5) is 0 Å². The first-order valence-electron chi connectivity index (χ1n) is 10.4. The summed E-state index contributed by atoms with van der Waals surface area (Å²) in [6.07, 6.45) is 4.90. The van der Waals surface area contributed by atoms with Crippen molar-refractivity contribution >= 4 is 29.1 Å². The fourth-order valence-electron chi connectivity index (χ4n) is 4.21. The third-order valence-corrected chi connectivity index (χ3v) is 6.40. The van der Waals surface area contributed by atoms with Crippen molar-refractivity contribution < 1.29 is 4.79 Å². The smallest absolute Gasteiger partial charge is 0.272 e. The number of nitrogens with zero attached hydrogens (tertiary/aromatic N) is 1. The van der Waals surface area contributed by atoms with E-state index in [-0.39, 0.29) is 17.9 Å². The number of hydrogen-bond donors (Lipinski definition) is 2. The van der Waals surface area contributed by atoms with Crippen LogP contribution in [0.5, 0.6) is 0 Å². The number of hydrogen-bond acceptors (Lipinski definition) is 2. The lowest BCUT2D eigenvalue weighted by molar-refractivity contribution is 0.0928. The minimum Gasteiger partial charge on any atom is -0.348 e. The van der Waals surface area contributed by atoms with Crippen LogP contribution in [0.1, 0.15) is 58.6 Å². The number of halogens is 2. The zero-order valence-corrected chi connectivity index (χ0v) is 18.4. The molecular formula is C24H25Cl2N3O. The summed E-state index contributed by atoms with van der Waals surface area (Å²) in [4.78, 5) is 13.0. The first-order chi connectivity index (χ1) is 14.5. The Morgan fingerprint density at radius 2 is 1.67 bits per heavy atom. The number of benzene rings is 2. The number of nitrogens with one attached hydrogen (secondary N) is 2. The van der Waals surface area contributed by atoms with Gasteiger partial charge in [0.05, 0.1) is 0 Å². The average Bonchev–Trinajstić information content (AvgIpc) is 3.18. The zero-order chi connectivity index (χ0) is 21.1. The van der Waals surface area contributed by atoms with Gasteiger partial charge in [-0.15, -0.1) is 0 Å². The Bertz CT molecular complexity index is 1010. The van der Waals surface area contributed by atoms with E-state index >= 15 is 0 Å². The van der Waals surface area contributed by atoms with Crippen LogP contribution in [0.15, 0.2) is 48.5 Å². The molecule has 4 nitrogen and oxygen atoms in total. The monoisotopic (exact) mass is 441 g/mol. The summed E-state index contributed by atoms with van der Waals surface area (Å²) in [5, 5.41) is 12.0. The Balaban J connectivity index is 1.56. The molecule has 2 atom stereocenters. The molecule has 1 amide bonds. The van der Waals surface area contributed by atoms with Crippen molar-refractivity contribution in [3.05, 3.63) is 86.7 Å². The van der Waals surface area contributed by atoms with E-state index in [1.165, 1.54) is 0 Å². The Labute approximate surface area is 187 Å². The SMILES string of the molecule is CC(NC(=O)c1n[nH]c2c1CCCC2)C(Cc1ccc(Cl)cc1)c1ccc(Cl)cc1. The fourth-order valence-corrected chi connectivity index (χ4v) is 4.46. The molecule has 6 heteroatoms. The van der Waals surface area contributed by atoms with Crippen molar-refractivity contribution in [1.82, 2.24) is 15.5 Å². The lowest BCUT2D eigenvalue weighted by Gasteiger charge is -2.26. The number of carbonyl (C=O) groups is 1. The largest absolute Gasteiger partial charge is 0.348 e. The van der Waals surface area contributed by atoms with Gasteiger partial charge in [0.15, 0.2) is 5.69 Å². The number of rotatable bonds is 6. The first kappa shape index (κ1) is 21.0. The second-order valence-corrected chi connectivity index (χ2v) is 8.86. The maximum Gasteiger partial charge on any atom is 0.272 e. The molecule has 0 saturated carbocycles. The van der Waals surface area contributed by atoms with Crippen LogP contribution >= 0.6 is 23.2 Å². The van der Waals surface area contributed by atoms with Crippen LogP contribution in [0.3, 0.4) is 0 Å². The van der Waals surface area contributed by atoms with Crippen LogP contribution in [0.2, 0.25) is 10.0 Å². The summed E-state index contributed by atoms with van der Waals surface area (Å²) in [7, 11) is 0. The van der Waals surface area contributed by atoms with E-state index in [4.69, 9.17) is 23.2 Å². The van der Waals surface area contributed by atoms with Gasteiger partial charge in [0, 0.05) is 33.3 Å². The lowest BCUT2D eigenvalue weighted by Crippen LogP contribution is -2.38. The van der Waals surface area contributed by atoms with Crippen LogP contribution in [-0.2, 0) is 19.3 Å². The van der Waals surface area contributed by atoms with Crippen molar-refractivity contribution in [2.75, 3.05) is 0 Å². The maximum absolute atomic E-state index is 13.0. The number of fused-ring (bicyclic) bond motifs is 1. The van der Waals surface area contributed by atoms with Crippen LogP contribution in [0.25, 0.3) is 0 Å². The molecule has 4 rings (SSSR count). The summed E-state index contributed by atoms with van der Waals surface area (Å²) in [6, 6.07) is 15.6. The molecule has 30 heavy (non-hydrogen) atoms. The molecule has 2 N–H and O–H groups in total. The second kappa shape index (κ2) is 9.23. The summed E-state index contributed by atoms with van der Waals surface area (Å²) in [6.45, 7) is 2.05.